The Hall–Kier alpha value is -2.96. The van der Waals surface area contributed by atoms with Crippen molar-refractivity contribution in [3.8, 4) is 0 Å². The van der Waals surface area contributed by atoms with Gasteiger partial charge in [-0.2, -0.15) is 4.98 Å². The molecule has 0 aliphatic carbocycles. The highest BCUT2D eigenvalue weighted by Crippen LogP contribution is 2.29. The fourth-order valence-electron chi connectivity index (χ4n) is 2.50. The van der Waals surface area contributed by atoms with E-state index in [0.29, 0.717) is 16.9 Å². The van der Waals surface area contributed by atoms with Gasteiger partial charge in [-0.15, -0.1) is 0 Å². The quantitative estimate of drug-likeness (QED) is 0.734. The van der Waals surface area contributed by atoms with Crippen LogP contribution in [0.4, 0.5) is 11.5 Å². The van der Waals surface area contributed by atoms with Crippen LogP contribution in [-0.2, 0) is 4.74 Å². The number of hydrogen-bond donors (Lipinski definition) is 1. The molecule has 3 aromatic rings. The van der Waals surface area contributed by atoms with E-state index in [1.165, 1.54) is 0 Å². The van der Waals surface area contributed by atoms with Crippen LogP contribution in [0.2, 0.25) is 0 Å². The van der Waals surface area contributed by atoms with Gasteiger partial charge in [0, 0.05) is 5.69 Å². The highest BCUT2D eigenvalue weighted by Gasteiger charge is 2.20. The first kappa shape index (κ1) is 15.9. The summed E-state index contributed by atoms with van der Waals surface area (Å²) in [6.07, 6.45) is 0. The standard InChI is InChI=1S/C17H18N4O3/c1-5-23-17(22)15-19-14(12-11(4)21-24-16(12)20-15)18-13-9(2)7-6-8-10(13)3/h6-8H,5H2,1-4H3,(H,18,19,20). The summed E-state index contributed by atoms with van der Waals surface area (Å²) in [5.74, 6) is -0.188. The summed E-state index contributed by atoms with van der Waals surface area (Å²) in [7, 11) is 0. The van der Waals surface area contributed by atoms with Crippen LogP contribution in [0.5, 0.6) is 0 Å². The Morgan fingerprint density at radius 3 is 2.58 bits per heavy atom. The van der Waals surface area contributed by atoms with E-state index in [-0.39, 0.29) is 18.1 Å². The van der Waals surface area contributed by atoms with Crippen molar-refractivity contribution in [2.45, 2.75) is 27.7 Å². The van der Waals surface area contributed by atoms with E-state index in [0.717, 1.165) is 16.8 Å². The van der Waals surface area contributed by atoms with Crippen LogP contribution in [0, 0.1) is 20.8 Å². The number of fused-ring (bicyclic) bond motifs is 1. The number of ether oxygens (including phenoxy) is 1. The maximum Gasteiger partial charge on any atom is 0.376 e. The number of rotatable bonds is 4. The van der Waals surface area contributed by atoms with Crippen LogP contribution in [0.1, 0.15) is 34.4 Å². The summed E-state index contributed by atoms with van der Waals surface area (Å²) in [6, 6.07) is 5.99. The lowest BCUT2D eigenvalue weighted by Crippen LogP contribution is -2.11. The van der Waals surface area contributed by atoms with Crippen molar-refractivity contribution in [3.63, 3.8) is 0 Å². The fourth-order valence-corrected chi connectivity index (χ4v) is 2.50. The topological polar surface area (TPSA) is 90.1 Å². The molecule has 0 aliphatic heterocycles. The lowest BCUT2D eigenvalue weighted by Gasteiger charge is -2.13. The molecule has 1 aromatic carbocycles. The zero-order valence-electron chi connectivity index (χ0n) is 14.0. The van der Waals surface area contributed by atoms with Crippen molar-refractivity contribution in [2.24, 2.45) is 0 Å². The minimum Gasteiger partial charge on any atom is -0.460 e. The second-order valence-electron chi connectivity index (χ2n) is 5.46. The van der Waals surface area contributed by atoms with E-state index in [2.05, 4.69) is 20.4 Å². The van der Waals surface area contributed by atoms with E-state index in [1.54, 1.807) is 13.8 Å². The van der Waals surface area contributed by atoms with Gasteiger partial charge in [0.05, 0.1) is 12.3 Å². The first-order valence-corrected chi connectivity index (χ1v) is 7.65. The molecule has 0 amide bonds. The van der Waals surface area contributed by atoms with Crippen molar-refractivity contribution in [2.75, 3.05) is 11.9 Å². The first-order valence-electron chi connectivity index (χ1n) is 7.65. The van der Waals surface area contributed by atoms with Gasteiger partial charge in [0.25, 0.3) is 5.71 Å². The summed E-state index contributed by atoms with van der Waals surface area (Å²) in [5, 5.41) is 7.85. The lowest BCUT2D eigenvalue weighted by atomic mass is 10.1. The van der Waals surface area contributed by atoms with Crippen molar-refractivity contribution < 1.29 is 14.1 Å². The molecule has 124 valence electrons. The van der Waals surface area contributed by atoms with Crippen LogP contribution < -0.4 is 5.32 Å². The molecule has 0 saturated heterocycles. The zero-order valence-corrected chi connectivity index (χ0v) is 14.0. The van der Waals surface area contributed by atoms with Crippen LogP contribution in [0.15, 0.2) is 22.7 Å². The van der Waals surface area contributed by atoms with Gasteiger partial charge in [-0.05, 0) is 38.8 Å². The number of esters is 1. The van der Waals surface area contributed by atoms with Crippen molar-refractivity contribution >= 4 is 28.6 Å². The number of hydrogen-bond acceptors (Lipinski definition) is 7. The van der Waals surface area contributed by atoms with Crippen LogP contribution in [0.25, 0.3) is 11.1 Å². The van der Waals surface area contributed by atoms with Crippen LogP contribution >= 0.6 is 0 Å². The molecular formula is C17H18N4O3. The molecule has 0 bridgehead atoms. The first-order chi connectivity index (χ1) is 11.5. The molecule has 7 nitrogen and oxygen atoms in total. The largest absolute Gasteiger partial charge is 0.460 e. The number of carbonyl (C=O) groups excluding carboxylic acids is 1. The third kappa shape index (κ3) is 2.80. The minimum absolute atomic E-state index is 0.0609. The molecule has 0 unspecified atom stereocenters. The zero-order chi connectivity index (χ0) is 17.3. The predicted molar refractivity (Wildman–Crippen MR) is 89.5 cm³/mol. The summed E-state index contributed by atoms with van der Waals surface area (Å²) in [5.41, 5.74) is 3.95. The molecule has 3 rings (SSSR count). The number of benzene rings is 1. The maximum atomic E-state index is 12.0. The number of nitrogens with zero attached hydrogens (tertiary/aromatic N) is 3. The van der Waals surface area contributed by atoms with Crippen LogP contribution in [-0.4, -0.2) is 27.7 Å². The number of carbonyl (C=O) groups is 1. The van der Waals surface area contributed by atoms with Gasteiger partial charge in [-0.3, -0.25) is 0 Å². The summed E-state index contributed by atoms with van der Waals surface area (Å²) >= 11 is 0. The van der Waals surface area contributed by atoms with Gasteiger partial charge >= 0.3 is 5.97 Å². The molecule has 7 heteroatoms. The third-order valence-electron chi connectivity index (χ3n) is 3.69. The fraction of sp³-hybridized carbons (Fsp3) is 0.294. The molecule has 0 atom stereocenters. The third-order valence-corrected chi connectivity index (χ3v) is 3.69. The maximum absolute atomic E-state index is 12.0. The SMILES string of the molecule is CCOC(=O)c1nc(Nc2c(C)cccc2C)c2c(C)noc2n1. The molecule has 24 heavy (non-hydrogen) atoms. The molecule has 0 spiro atoms. The Bertz CT molecular complexity index is 897. The van der Waals surface area contributed by atoms with Crippen LogP contribution in [0.3, 0.4) is 0 Å². The van der Waals surface area contributed by atoms with Gasteiger partial charge < -0.3 is 14.6 Å². The molecule has 0 fully saturated rings. The van der Waals surface area contributed by atoms with Gasteiger partial charge in [-0.25, -0.2) is 9.78 Å². The molecule has 2 aromatic heterocycles. The number of para-hydroxylation sites is 1. The molecular weight excluding hydrogens is 308 g/mol. The normalized spacial score (nSPS) is 10.8. The molecule has 0 aliphatic rings. The van der Waals surface area contributed by atoms with Crippen molar-refractivity contribution in [3.05, 3.63) is 40.8 Å². The summed E-state index contributed by atoms with van der Waals surface area (Å²) in [4.78, 5) is 20.4. The van der Waals surface area contributed by atoms with Gasteiger partial charge in [0.15, 0.2) is 0 Å². The summed E-state index contributed by atoms with van der Waals surface area (Å²) in [6.45, 7) is 7.77. The second-order valence-corrected chi connectivity index (χ2v) is 5.46. The van der Waals surface area contributed by atoms with Gasteiger partial charge in [-0.1, -0.05) is 23.4 Å². The molecule has 1 N–H and O–H groups in total. The Labute approximate surface area is 139 Å². The number of aryl methyl sites for hydroxylation is 3. The predicted octanol–water partition coefficient (Wildman–Crippen LogP) is 3.46. The Morgan fingerprint density at radius 2 is 1.92 bits per heavy atom. The van der Waals surface area contributed by atoms with Crippen molar-refractivity contribution in [1.29, 1.82) is 0 Å². The average Bonchev–Trinajstić information content (AvgIpc) is 2.92. The number of aromatic nitrogens is 3. The van der Waals surface area contributed by atoms with E-state index < -0.39 is 5.97 Å². The highest BCUT2D eigenvalue weighted by atomic mass is 16.5. The Balaban J connectivity index is 2.14. The van der Waals surface area contributed by atoms with Gasteiger partial charge in [0.1, 0.15) is 11.2 Å². The summed E-state index contributed by atoms with van der Waals surface area (Å²) < 4.78 is 10.2. The monoisotopic (exact) mass is 326 g/mol. The Morgan fingerprint density at radius 1 is 1.21 bits per heavy atom. The smallest absolute Gasteiger partial charge is 0.376 e. The molecule has 0 saturated carbocycles. The lowest BCUT2D eigenvalue weighted by molar-refractivity contribution is 0.0512. The Kier molecular flexibility index (Phi) is 4.16. The number of anilines is 2. The average molecular weight is 326 g/mol. The second kappa shape index (κ2) is 6.27. The van der Waals surface area contributed by atoms with E-state index in [1.807, 2.05) is 32.0 Å². The van der Waals surface area contributed by atoms with Gasteiger partial charge in [0.2, 0.25) is 5.82 Å². The molecule has 0 radical (unpaired) electrons. The minimum atomic E-state index is -0.599. The number of nitrogens with one attached hydrogen (secondary N) is 1. The molecule has 2 heterocycles. The van der Waals surface area contributed by atoms with E-state index >= 15 is 0 Å². The van der Waals surface area contributed by atoms with E-state index in [9.17, 15) is 4.79 Å². The van der Waals surface area contributed by atoms with E-state index in [4.69, 9.17) is 9.26 Å². The highest BCUT2D eigenvalue weighted by molar-refractivity contribution is 5.94. The van der Waals surface area contributed by atoms with Crippen molar-refractivity contribution in [1.82, 2.24) is 15.1 Å².